The predicted molar refractivity (Wildman–Crippen MR) is 77.8 cm³/mol. The fraction of sp³-hybridized carbons (Fsp3) is 0.500. The SMILES string of the molecule is CC(C)(C)C(C(=O)O)N(CC(=O)O)C(=O)Cn1ccnc1C=O. The minimum absolute atomic E-state index is 0.00346. The van der Waals surface area contributed by atoms with Crippen molar-refractivity contribution in [2.45, 2.75) is 33.4 Å². The molecule has 2 N–H and O–H groups in total. The lowest BCUT2D eigenvalue weighted by molar-refractivity contribution is -0.159. The molecule has 1 atom stereocenters. The van der Waals surface area contributed by atoms with Crippen molar-refractivity contribution < 1.29 is 29.4 Å². The highest BCUT2D eigenvalue weighted by atomic mass is 16.4. The number of rotatable bonds is 7. The average molecular weight is 325 g/mol. The Balaban J connectivity index is 3.14. The van der Waals surface area contributed by atoms with Crippen molar-refractivity contribution in [3.8, 4) is 0 Å². The van der Waals surface area contributed by atoms with Gasteiger partial charge < -0.3 is 19.7 Å². The third-order valence-corrected chi connectivity index (χ3v) is 3.15. The maximum Gasteiger partial charge on any atom is 0.326 e. The summed E-state index contributed by atoms with van der Waals surface area (Å²) >= 11 is 0. The van der Waals surface area contributed by atoms with Crippen LogP contribution in [0.2, 0.25) is 0 Å². The summed E-state index contributed by atoms with van der Waals surface area (Å²) in [7, 11) is 0. The van der Waals surface area contributed by atoms with Crippen molar-refractivity contribution >= 4 is 24.1 Å². The van der Waals surface area contributed by atoms with Gasteiger partial charge in [0, 0.05) is 12.4 Å². The third kappa shape index (κ3) is 4.63. The summed E-state index contributed by atoms with van der Waals surface area (Å²) < 4.78 is 1.23. The van der Waals surface area contributed by atoms with E-state index in [1.165, 1.54) is 17.0 Å². The molecule has 0 spiro atoms. The number of hydrogen-bond donors (Lipinski definition) is 2. The van der Waals surface area contributed by atoms with Gasteiger partial charge in [-0.1, -0.05) is 20.8 Å². The first kappa shape index (κ1) is 18.3. The van der Waals surface area contributed by atoms with E-state index in [0.717, 1.165) is 4.90 Å². The Morgan fingerprint density at radius 3 is 2.39 bits per heavy atom. The van der Waals surface area contributed by atoms with Gasteiger partial charge in [0.25, 0.3) is 0 Å². The van der Waals surface area contributed by atoms with Gasteiger partial charge in [-0.3, -0.25) is 14.4 Å². The highest BCUT2D eigenvalue weighted by Gasteiger charge is 2.40. The Kier molecular flexibility index (Phi) is 5.61. The molecule has 0 aliphatic carbocycles. The molecule has 1 aromatic rings. The number of carbonyl (C=O) groups excluding carboxylic acids is 2. The van der Waals surface area contributed by atoms with Crippen LogP contribution in [0.25, 0.3) is 0 Å². The standard InChI is InChI=1S/C14H19N3O6/c1-14(2,3)12(13(22)23)17(7-11(20)21)10(19)6-16-5-4-15-9(16)8-18/h4-5,8,12H,6-7H2,1-3H3,(H,20,21)(H,22,23). The molecule has 1 amide bonds. The minimum Gasteiger partial charge on any atom is -0.480 e. The Hall–Kier alpha value is -2.71. The van der Waals surface area contributed by atoms with E-state index in [-0.39, 0.29) is 12.4 Å². The van der Waals surface area contributed by atoms with Crippen molar-refractivity contribution in [3.63, 3.8) is 0 Å². The largest absolute Gasteiger partial charge is 0.480 e. The molecule has 0 saturated heterocycles. The van der Waals surface area contributed by atoms with Crippen molar-refractivity contribution in [3.05, 3.63) is 18.2 Å². The van der Waals surface area contributed by atoms with Crippen molar-refractivity contribution in [2.75, 3.05) is 6.54 Å². The number of carboxylic acids is 2. The fourth-order valence-corrected chi connectivity index (χ4v) is 2.25. The molecular weight excluding hydrogens is 306 g/mol. The summed E-state index contributed by atoms with van der Waals surface area (Å²) in [5.74, 6) is -3.35. The number of hydrogen-bond acceptors (Lipinski definition) is 5. The Bertz CT molecular complexity index is 616. The van der Waals surface area contributed by atoms with E-state index in [9.17, 15) is 24.3 Å². The normalized spacial score (nSPS) is 12.5. The lowest BCUT2D eigenvalue weighted by Gasteiger charge is -2.36. The third-order valence-electron chi connectivity index (χ3n) is 3.15. The number of aldehydes is 1. The summed E-state index contributed by atoms with van der Waals surface area (Å²) in [6, 6.07) is -1.32. The monoisotopic (exact) mass is 325 g/mol. The second kappa shape index (κ2) is 7.03. The van der Waals surface area contributed by atoms with E-state index >= 15 is 0 Å². The van der Waals surface area contributed by atoms with Crippen LogP contribution in [-0.4, -0.2) is 61.4 Å². The molecular formula is C14H19N3O6. The molecule has 0 aromatic carbocycles. The van der Waals surface area contributed by atoms with Crippen LogP contribution in [0.15, 0.2) is 12.4 Å². The number of amides is 1. The number of carbonyl (C=O) groups is 4. The molecule has 0 fully saturated rings. The minimum atomic E-state index is -1.32. The van der Waals surface area contributed by atoms with Gasteiger partial charge in [-0.15, -0.1) is 0 Å². The molecule has 0 saturated carbocycles. The molecule has 1 rings (SSSR count). The van der Waals surface area contributed by atoms with Crippen LogP contribution in [0, 0.1) is 5.41 Å². The highest BCUT2D eigenvalue weighted by molar-refractivity contribution is 5.87. The van der Waals surface area contributed by atoms with Crippen LogP contribution in [0.4, 0.5) is 0 Å². The molecule has 23 heavy (non-hydrogen) atoms. The first-order chi connectivity index (χ1) is 10.6. The number of aromatic nitrogens is 2. The summed E-state index contributed by atoms with van der Waals surface area (Å²) in [4.78, 5) is 50.4. The Labute approximate surface area is 132 Å². The summed E-state index contributed by atoms with van der Waals surface area (Å²) in [6.07, 6.45) is 3.15. The zero-order valence-electron chi connectivity index (χ0n) is 13.1. The second-order valence-electron chi connectivity index (χ2n) is 6.05. The first-order valence-corrected chi connectivity index (χ1v) is 6.78. The summed E-state index contributed by atoms with van der Waals surface area (Å²) in [6.45, 7) is 3.67. The van der Waals surface area contributed by atoms with Crippen molar-refractivity contribution in [1.82, 2.24) is 14.5 Å². The van der Waals surface area contributed by atoms with Crippen molar-refractivity contribution in [1.29, 1.82) is 0 Å². The van der Waals surface area contributed by atoms with E-state index in [1.807, 2.05) is 0 Å². The van der Waals surface area contributed by atoms with E-state index in [2.05, 4.69) is 4.98 Å². The molecule has 1 heterocycles. The summed E-state index contributed by atoms with van der Waals surface area (Å²) in [5.41, 5.74) is -0.876. The predicted octanol–water partition coefficient (Wildman–Crippen LogP) is 0.108. The van der Waals surface area contributed by atoms with Gasteiger partial charge in [0.1, 0.15) is 19.1 Å². The van der Waals surface area contributed by atoms with E-state index in [1.54, 1.807) is 20.8 Å². The van der Waals surface area contributed by atoms with Gasteiger partial charge in [-0.2, -0.15) is 0 Å². The lowest BCUT2D eigenvalue weighted by Crippen LogP contribution is -2.54. The molecule has 0 aliphatic heterocycles. The highest BCUT2D eigenvalue weighted by Crippen LogP contribution is 2.25. The number of carboxylic acid groups (broad SMARTS) is 2. The Morgan fingerprint density at radius 1 is 1.35 bits per heavy atom. The topological polar surface area (TPSA) is 130 Å². The Morgan fingerprint density at radius 2 is 1.96 bits per heavy atom. The van der Waals surface area contributed by atoms with Crippen LogP contribution in [-0.2, 0) is 20.9 Å². The maximum absolute atomic E-state index is 12.4. The van der Waals surface area contributed by atoms with Gasteiger partial charge in [0.2, 0.25) is 5.91 Å². The molecule has 1 aromatic heterocycles. The number of imidazole rings is 1. The van der Waals surface area contributed by atoms with Gasteiger partial charge in [0.05, 0.1) is 0 Å². The zero-order chi connectivity index (χ0) is 17.8. The van der Waals surface area contributed by atoms with E-state index < -0.39 is 35.8 Å². The van der Waals surface area contributed by atoms with E-state index in [4.69, 9.17) is 5.11 Å². The average Bonchev–Trinajstić information content (AvgIpc) is 2.82. The number of nitrogens with zero attached hydrogens (tertiary/aromatic N) is 3. The van der Waals surface area contributed by atoms with Gasteiger partial charge in [0.15, 0.2) is 12.1 Å². The van der Waals surface area contributed by atoms with Crippen LogP contribution >= 0.6 is 0 Å². The first-order valence-electron chi connectivity index (χ1n) is 6.78. The zero-order valence-corrected chi connectivity index (χ0v) is 13.1. The molecule has 126 valence electrons. The van der Waals surface area contributed by atoms with Gasteiger partial charge in [-0.05, 0) is 5.41 Å². The van der Waals surface area contributed by atoms with Gasteiger partial charge in [-0.25, -0.2) is 9.78 Å². The van der Waals surface area contributed by atoms with Crippen molar-refractivity contribution in [2.24, 2.45) is 5.41 Å². The molecule has 0 radical (unpaired) electrons. The lowest BCUT2D eigenvalue weighted by atomic mass is 9.85. The van der Waals surface area contributed by atoms with Crippen LogP contribution in [0.5, 0.6) is 0 Å². The van der Waals surface area contributed by atoms with Gasteiger partial charge >= 0.3 is 11.9 Å². The quantitative estimate of drug-likeness (QED) is 0.680. The smallest absolute Gasteiger partial charge is 0.326 e. The van der Waals surface area contributed by atoms with Crippen LogP contribution in [0.1, 0.15) is 31.4 Å². The molecule has 0 bridgehead atoms. The van der Waals surface area contributed by atoms with E-state index in [0.29, 0.717) is 6.29 Å². The molecule has 9 heteroatoms. The summed E-state index contributed by atoms with van der Waals surface area (Å²) in [5, 5.41) is 18.4. The van der Waals surface area contributed by atoms with Crippen LogP contribution < -0.4 is 0 Å². The number of aliphatic carboxylic acids is 2. The maximum atomic E-state index is 12.4. The fourth-order valence-electron chi connectivity index (χ4n) is 2.25. The second-order valence-corrected chi connectivity index (χ2v) is 6.05. The molecule has 0 aliphatic rings. The molecule has 1 unspecified atom stereocenters. The molecule has 9 nitrogen and oxygen atoms in total. The van der Waals surface area contributed by atoms with Crippen LogP contribution in [0.3, 0.4) is 0 Å².